The van der Waals surface area contributed by atoms with Crippen molar-refractivity contribution in [2.45, 2.75) is 20.1 Å². The number of carbonyl (C=O) groups is 2. The highest BCUT2D eigenvalue weighted by Gasteiger charge is 2.35. The first-order valence-electron chi connectivity index (χ1n) is 10.7. The number of thioether (sulfide) groups is 1. The van der Waals surface area contributed by atoms with Crippen LogP contribution in [0.1, 0.15) is 23.6 Å². The van der Waals surface area contributed by atoms with Gasteiger partial charge in [-0.2, -0.15) is 0 Å². The van der Waals surface area contributed by atoms with Gasteiger partial charge in [0.1, 0.15) is 6.61 Å². The lowest BCUT2D eigenvalue weighted by atomic mass is 10.1. The van der Waals surface area contributed by atoms with E-state index in [1.807, 2.05) is 67.6 Å². The van der Waals surface area contributed by atoms with E-state index >= 15 is 0 Å². The fraction of sp³-hybridized carbons (Fsp3) is 0.154. The van der Waals surface area contributed by atoms with Crippen molar-refractivity contribution in [1.29, 1.82) is 0 Å². The van der Waals surface area contributed by atoms with Gasteiger partial charge in [0.15, 0.2) is 11.5 Å². The van der Waals surface area contributed by atoms with Gasteiger partial charge in [-0.1, -0.05) is 72.1 Å². The van der Waals surface area contributed by atoms with Crippen LogP contribution >= 0.6 is 59.6 Å². The van der Waals surface area contributed by atoms with Gasteiger partial charge in [0.2, 0.25) is 0 Å². The second-order valence-electron chi connectivity index (χ2n) is 7.56. The minimum atomic E-state index is -0.316. The molecule has 1 aliphatic rings. The summed E-state index contributed by atoms with van der Waals surface area (Å²) in [4.78, 5) is 27.2. The quantitative estimate of drug-likeness (QED) is 0.225. The van der Waals surface area contributed by atoms with E-state index in [4.69, 9.17) is 9.47 Å². The molecule has 1 heterocycles. The third-order valence-electron chi connectivity index (χ3n) is 5.08. The number of rotatable bonds is 8. The Kier molecular flexibility index (Phi) is 8.75. The first-order valence-corrected chi connectivity index (χ1v) is 13.9. The standard InChI is InChI=1S/C26H20Br3NO4S/c1-2-33-22-11-18(21(29)13-23(22)34-15-17-5-9-20(28)10-6-17)12-24-25(31)30(26(32)35-24)14-16-3-7-19(27)8-4-16/h3-13H,2,14-15H2,1H3/b24-12-. The molecule has 0 aliphatic carbocycles. The molecule has 0 N–H and O–H groups in total. The lowest BCUT2D eigenvalue weighted by Crippen LogP contribution is -2.27. The van der Waals surface area contributed by atoms with Crippen LogP contribution in [0.15, 0.2) is 79.0 Å². The van der Waals surface area contributed by atoms with Crippen molar-refractivity contribution in [3.05, 3.63) is 95.7 Å². The monoisotopic (exact) mass is 679 g/mol. The third kappa shape index (κ3) is 6.58. The van der Waals surface area contributed by atoms with Crippen LogP contribution in [0.2, 0.25) is 0 Å². The van der Waals surface area contributed by atoms with Crippen LogP contribution in [0.3, 0.4) is 0 Å². The number of ether oxygens (including phenoxy) is 2. The Morgan fingerprint density at radius 2 is 1.46 bits per heavy atom. The normalized spacial score (nSPS) is 14.6. The van der Waals surface area contributed by atoms with Gasteiger partial charge < -0.3 is 9.47 Å². The first kappa shape index (κ1) is 26.0. The fourth-order valence-electron chi connectivity index (χ4n) is 3.33. The number of amides is 2. The highest BCUT2D eigenvalue weighted by Crippen LogP contribution is 2.39. The summed E-state index contributed by atoms with van der Waals surface area (Å²) in [6, 6.07) is 19.1. The van der Waals surface area contributed by atoms with Crippen molar-refractivity contribution in [2.24, 2.45) is 0 Å². The maximum atomic E-state index is 13.0. The van der Waals surface area contributed by atoms with E-state index in [1.165, 1.54) is 4.90 Å². The summed E-state index contributed by atoms with van der Waals surface area (Å²) in [5, 5.41) is -0.292. The van der Waals surface area contributed by atoms with Crippen LogP contribution in [0.4, 0.5) is 4.79 Å². The van der Waals surface area contributed by atoms with Crippen molar-refractivity contribution in [1.82, 2.24) is 4.90 Å². The second kappa shape index (κ2) is 11.8. The van der Waals surface area contributed by atoms with E-state index in [0.717, 1.165) is 41.9 Å². The van der Waals surface area contributed by atoms with Crippen LogP contribution in [0, 0.1) is 0 Å². The molecule has 35 heavy (non-hydrogen) atoms. The van der Waals surface area contributed by atoms with E-state index in [1.54, 1.807) is 6.08 Å². The van der Waals surface area contributed by atoms with Crippen molar-refractivity contribution < 1.29 is 19.1 Å². The Labute approximate surface area is 233 Å². The van der Waals surface area contributed by atoms with Gasteiger partial charge in [-0.05, 0) is 77.9 Å². The van der Waals surface area contributed by atoms with Crippen molar-refractivity contribution >= 4 is 76.8 Å². The number of hydrogen-bond acceptors (Lipinski definition) is 5. The third-order valence-corrected chi connectivity index (χ3v) is 7.74. The Morgan fingerprint density at radius 3 is 2.09 bits per heavy atom. The SMILES string of the molecule is CCOc1cc(/C=C2\SC(=O)N(Cc3ccc(Br)cc3)C2=O)c(Br)cc1OCc1ccc(Br)cc1. The zero-order valence-electron chi connectivity index (χ0n) is 18.6. The topological polar surface area (TPSA) is 55.8 Å². The molecule has 1 saturated heterocycles. The lowest BCUT2D eigenvalue weighted by Gasteiger charge is -2.14. The Bertz CT molecular complexity index is 1280. The molecule has 9 heteroatoms. The predicted octanol–water partition coefficient (Wildman–Crippen LogP) is 8.19. The van der Waals surface area contributed by atoms with Crippen LogP contribution < -0.4 is 9.47 Å². The number of benzene rings is 3. The lowest BCUT2D eigenvalue weighted by molar-refractivity contribution is -0.123. The molecule has 2 amide bonds. The molecule has 1 fully saturated rings. The number of carbonyl (C=O) groups excluding carboxylic acids is 2. The van der Waals surface area contributed by atoms with Crippen molar-refractivity contribution in [3.63, 3.8) is 0 Å². The molecule has 0 saturated carbocycles. The average Bonchev–Trinajstić information content (AvgIpc) is 3.10. The van der Waals surface area contributed by atoms with E-state index in [9.17, 15) is 9.59 Å². The summed E-state index contributed by atoms with van der Waals surface area (Å²) in [6.45, 7) is 2.96. The molecule has 3 aromatic rings. The molecule has 5 nitrogen and oxygen atoms in total. The zero-order valence-corrected chi connectivity index (χ0v) is 24.2. The van der Waals surface area contributed by atoms with Crippen molar-refractivity contribution in [2.75, 3.05) is 6.61 Å². The number of hydrogen-bond donors (Lipinski definition) is 0. The summed E-state index contributed by atoms with van der Waals surface area (Å²) in [7, 11) is 0. The van der Waals surface area contributed by atoms with Gasteiger partial charge in [0, 0.05) is 13.4 Å². The van der Waals surface area contributed by atoms with Crippen LogP contribution in [0.5, 0.6) is 11.5 Å². The van der Waals surface area contributed by atoms with Gasteiger partial charge >= 0.3 is 0 Å². The zero-order chi connectivity index (χ0) is 24.9. The molecule has 3 aromatic carbocycles. The number of nitrogens with zero attached hydrogens (tertiary/aromatic N) is 1. The molecule has 0 radical (unpaired) electrons. The molecule has 0 bridgehead atoms. The smallest absolute Gasteiger partial charge is 0.293 e. The highest BCUT2D eigenvalue weighted by atomic mass is 79.9. The van der Waals surface area contributed by atoms with Crippen LogP contribution in [-0.2, 0) is 17.9 Å². The molecule has 1 aliphatic heterocycles. The molecule has 0 unspecified atom stereocenters. The summed E-state index contributed by atoms with van der Waals surface area (Å²) < 4.78 is 14.5. The van der Waals surface area contributed by atoms with Gasteiger partial charge in [0.25, 0.3) is 11.1 Å². The number of imide groups is 1. The van der Waals surface area contributed by atoms with Gasteiger partial charge in [-0.3, -0.25) is 14.5 Å². The van der Waals surface area contributed by atoms with Crippen LogP contribution in [-0.4, -0.2) is 22.7 Å². The first-order chi connectivity index (χ1) is 16.8. The Morgan fingerprint density at radius 1 is 0.857 bits per heavy atom. The van der Waals surface area contributed by atoms with Crippen molar-refractivity contribution in [3.8, 4) is 11.5 Å². The van der Waals surface area contributed by atoms with Gasteiger partial charge in [-0.15, -0.1) is 0 Å². The van der Waals surface area contributed by atoms with Gasteiger partial charge in [-0.25, -0.2) is 0 Å². The van der Waals surface area contributed by atoms with E-state index in [-0.39, 0.29) is 17.7 Å². The summed E-state index contributed by atoms with van der Waals surface area (Å²) >= 11 is 11.3. The highest BCUT2D eigenvalue weighted by molar-refractivity contribution is 9.11. The molecular formula is C26H20Br3NO4S. The fourth-order valence-corrected chi connectivity index (χ4v) is 5.13. The number of halogens is 3. The van der Waals surface area contributed by atoms with Gasteiger partial charge in [0.05, 0.1) is 18.1 Å². The molecule has 0 spiro atoms. The summed E-state index contributed by atoms with van der Waals surface area (Å²) in [5.74, 6) is 0.832. The largest absolute Gasteiger partial charge is 0.490 e. The molecule has 4 rings (SSSR count). The summed E-state index contributed by atoms with van der Waals surface area (Å²) in [5.41, 5.74) is 2.62. The molecule has 0 aromatic heterocycles. The van der Waals surface area contributed by atoms with Crippen LogP contribution in [0.25, 0.3) is 6.08 Å². The molecule has 0 atom stereocenters. The average molecular weight is 682 g/mol. The maximum Gasteiger partial charge on any atom is 0.293 e. The Balaban J connectivity index is 1.54. The summed E-state index contributed by atoms with van der Waals surface area (Å²) in [6.07, 6.45) is 1.71. The van der Waals surface area contributed by atoms with E-state index < -0.39 is 0 Å². The Hall–Kier alpha value is -2.07. The molecule has 180 valence electrons. The molecular weight excluding hydrogens is 662 g/mol. The van der Waals surface area contributed by atoms with E-state index in [0.29, 0.717) is 29.6 Å². The second-order valence-corrected chi connectivity index (χ2v) is 11.2. The predicted molar refractivity (Wildman–Crippen MR) is 149 cm³/mol. The minimum absolute atomic E-state index is 0.226. The minimum Gasteiger partial charge on any atom is -0.490 e. The van der Waals surface area contributed by atoms with E-state index in [2.05, 4.69) is 47.8 Å². The maximum absolute atomic E-state index is 13.0.